The summed E-state index contributed by atoms with van der Waals surface area (Å²) in [6.07, 6.45) is -0.387. The van der Waals surface area contributed by atoms with Gasteiger partial charge in [0.15, 0.2) is 6.23 Å². The van der Waals surface area contributed by atoms with Crippen LogP contribution in [0.25, 0.3) is 11.1 Å². The second-order valence-electron chi connectivity index (χ2n) is 7.53. The fourth-order valence-corrected chi connectivity index (χ4v) is 4.05. The molecule has 1 aliphatic rings. The largest absolute Gasteiger partial charge is 0.481 e. The van der Waals surface area contributed by atoms with E-state index in [9.17, 15) is 19.8 Å². The third-order valence-corrected chi connectivity index (χ3v) is 5.58. The second kappa shape index (κ2) is 8.51. The molecule has 0 saturated carbocycles. The first-order valence-electron chi connectivity index (χ1n) is 10.0. The summed E-state index contributed by atoms with van der Waals surface area (Å²) in [5.41, 5.74) is 4.24. The Morgan fingerprint density at radius 1 is 0.900 bits per heavy atom. The monoisotopic (exact) mass is 401 g/mol. The van der Waals surface area contributed by atoms with E-state index in [1.807, 2.05) is 54.6 Å². The summed E-state index contributed by atoms with van der Waals surface area (Å²) in [7, 11) is 0. The van der Waals surface area contributed by atoms with Crippen molar-refractivity contribution in [1.82, 2.24) is 4.90 Å². The van der Waals surface area contributed by atoms with Gasteiger partial charge in [-0.05, 0) is 35.6 Å². The third kappa shape index (κ3) is 3.98. The van der Waals surface area contributed by atoms with Crippen LogP contribution < -0.4 is 0 Å². The number of aliphatic carboxylic acids is 1. The number of carboxylic acid groups (broad SMARTS) is 1. The molecular formula is C25H23NO4. The van der Waals surface area contributed by atoms with Crippen LogP contribution in [-0.4, -0.2) is 33.0 Å². The van der Waals surface area contributed by atoms with Crippen molar-refractivity contribution in [2.24, 2.45) is 0 Å². The number of hydrogen-bond donors (Lipinski definition) is 2. The SMILES string of the molecule is O=C(O)CCC(Cc1ccc(-c2ccccc2)cc1)N1C(=O)c2ccccc2C1O. The predicted molar refractivity (Wildman–Crippen MR) is 114 cm³/mol. The molecule has 1 amide bonds. The molecule has 3 aromatic carbocycles. The van der Waals surface area contributed by atoms with Crippen LogP contribution in [0.15, 0.2) is 78.9 Å². The molecule has 1 aliphatic heterocycles. The van der Waals surface area contributed by atoms with Crippen LogP contribution in [0, 0.1) is 0 Å². The third-order valence-electron chi connectivity index (χ3n) is 5.58. The van der Waals surface area contributed by atoms with Gasteiger partial charge in [0.25, 0.3) is 5.91 Å². The van der Waals surface area contributed by atoms with Crippen molar-refractivity contribution < 1.29 is 19.8 Å². The van der Waals surface area contributed by atoms with Gasteiger partial charge in [-0.15, -0.1) is 0 Å². The normalized spacial score (nSPS) is 16.4. The quantitative estimate of drug-likeness (QED) is 0.620. The van der Waals surface area contributed by atoms with Gasteiger partial charge in [0, 0.05) is 23.6 Å². The van der Waals surface area contributed by atoms with Gasteiger partial charge in [0.1, 0.15) is 0 Å². The maximum Gasteiger partial charge on any atom is 0.303 e. The average molecular weight is 401 g/mol. The summed E-state index contributed by atoms with van der Waals surface area (Å²) in [5, 5.41) is 19.9. The molecule has 0 aliphatic carbocycles. The van der Waals surface area contributed by atoms with Gasteiger partial charge in [-0.2, -0.15) is 0 Å². The number of aliphatic hydroxyl groups is 1. The number of fused-ring (bicyclic) bond motifs is 1. The number of carbonyl (C=O) groups is 2. The van der Waals surface area contributed by atoms with Crippen molar-refractivity contribution in [3.63, 3.8) is 0 Å². The van der Waals surface area contributed by atoms with Crippen molar-refractivity contribution in [3.05, 3.63) is 95.6 Å². The van der Waals surface area contributed by atoms with Crippen LogP contribution in [0.5, 0.6) is 0 Å². The standard InChI is InChI=1S/C25H23NO4/c27-23(28)15-14-20(26-24(29)21-8-4-5-9-22(21)25(26)30)16-17-10-12-19(13-11-17)18-6-2-1-3-7-18/h1-13,20,24,29H,14-16H2,(H,27,28). The molecule has 4 rings (SSSR count). The van der Waals surface area contributed by atoms with Crippen molar-refractivity contribution in [2.75, 3.05) is 0 Å². The summed E-state index contributed by atoms with van der Waals surface area (Å²) in [6, 6.07) is 24.6. The van der Waals surface area contributed by atoms with Crippen LogP contribution in [0.3, 0.4) is 0 Å². The van der Waals surface area contributed by atoms with E-state index in [2.05, 4.69) is 0 Å². The van der Waals surface area contributed by atoms with Gasteiger partial charge in [-0.1, -0.05) is 72.8 Å². The molecular weight excluding hydrogens is 378 g/mol. The number of carbonyl (C=O) groups excluding carboxylic acids is 1. The Bertz CT molecular complexity index is 1050. The van der Waals surface area contributed by atoms with Crippen LogP contribution in [0.1, 0.15) is 40.6 Å². The number of hydrogen-bond acceptors (Lipinski definition) is 3. The van der Waals surface area contributed by atoms with Crippen LogP contribution in [0.2, 0.25) is 0 Å². The lowest BCUT2D eigenvalue weighted by atomic mass is 9.97. The molecule has 30 heavy (non-hydrogen) atoms. The second-order valence-corrected chi connectivity index (χ2v) is 7.53. The van der Waals surface area contributed by atoms with Crippen molar-refractivity contribution in [2.45, 2.75) is 31.5 Å². The van der Waals surface area contributed by atoms with Gasteiger partial charge < -0.3 is 15.1 Å². The lowest BCUT2D eigenvalue weighted by Crippen LogP contribution is -2.40. The highest BCUT2D eigenvalue weighted by molar-refractivity contribution is 5.99. The number of aliphatic hydroxyl groups excluding tert-OH is 1. The topological polar surface area (TPSA) is 77.8 Å². The number of benzene rings is 3. The van der Waals surface area contributed by atoms with Crippen LogP contribution >= 0.6 is 0 Å². The summed E-state index contributed by atoms with van der Waals surface area (Å²) in [4.78, 5) is 25.6. The van der Waals surface area contributed by atoms with Gasteiger partial charge in [0.2, 0.25) is 0 Å². The molecule has 0 saturated heterocycles. The van der Waals surface area contributed by atoms with Crippen molar-refractivity contribution >= 4 is 11.9 Å². The lowest BCUT2D eigenvalue weighted by Gasteiger charge is -2.31. The van der Waals surface area contributed by atoms with E-state index >= 15 is 0 Å². The fourth-order valence-electron chi connectivity index (χ4n) is 4.05. The van der Waals surface area contributed by atoms with Gasteiger partial charge in [-0.25, -0.2) is 0 Å². The smallest absolute Gasteiger partial charge is 0.303 e. The van der Waals surface area contributed by atoms with Crippen LogP contribution in [0.4, 0.5) is 0 Å². The van der Waals surface area contributed by atoms with E-state index in [4.69, 9.17) is 0 Å². The summed E-state index contributed by atoms with van der Waals surface area (Å²) >= 11 is 0. The zero-order chi connectivity index (χ0) is 21.1. The van der Waals surface area contributed by atoms with E-state index in [0.29, 0.717) is 17.5 Å². The van der Waals surface area contributed by atoms with Crippen LogP contribution in [-0.2, 0) is 11.2 Å². The zero-order valence-electron chi connectivity index (χ0n) is 16.4. The molecule has 0 radical (unpaired) electrons. The molecule has 2 atom stereocenters. The molecule has 2 unspecified atom stereocenters. The first-order chi connectivity index (χ1) is 14.5. The van der Waals surface area contributed by atoms with E-state index in [1.54, 1.807) is 24.3 Å². The number of amides is 1. The van der Waals surface area contributed by atoms with Gasteiger partial charge >= 0.3 is 5.97 Å². The molecule has 1 heterocycles. The lowest BCUT2D eigenvalue weighted by molar-refractivity contribution is -0.137. The Labute approximate surface area is 175 Å². The summed E-state index contributed by atoms with van der Waals surface area (Å²) < 4.78 is 0. The Kier molecular flexibility index (Phi) is 5.63. The molecule has 2 N–H and O–H groups in total. The van der Waals surface area contributed by atoms with E-state index in [0.717, 1.165) is 16.7 Å². The average Bonchev–Trinajstić information content (AvgIpc) is 3.03. The summed E-state index contributed by atoms with van der Waals surface area (Å²) in [5.74, 6) is -1.17. The Morgan fingerprint density at radius 3 is 2.20 bits per heavy atom. The highest BCUT2D eigenvalue weighted by Crippen LogP contribution is 2.35. The fraction of sp³-hybridized carbons (Fsp3) is 0.200. The Morgan fingerprint density at radius 2 is 1.53 bits per heavy atom. The molecule has 0 spiro atoms. The predicted octanol–water partition coefficient (Wildman–Crippen LogP) is 4.28. The van der Waals surface area contributed by atoms with Crippen molar-refractivity contribution in [3.8, 4) is 11.1 Å². The minimum absolute atomic E-state index is 0.0698. The maximum atomic E-state index is 12.9. The van der Waals surface area contributed by atoms with Gasteiger partial charge in [-0.3, -0.25) is 9.59 Å². The Hall–Kier alpha value is -3.44. The number of nitrogens with zero attached hydrogens (tertiary/aromatic N) is 1. The summed E-state index contributed by atoms with van der Waals surface area (Å²) in [6.45, 7) is 0. The first kappa shape index (κ1) is 19.9. The highest BCUT2D eigenvalue weighted by Gasteiger charge is 2.39. The van der Waals surface area contributed by atoms with E-state index < -0.39 is 18.2 Å². The molecule has 152 valence electrons. The Balaban J connectivity index is 1.57. The first-order valence-corrected chi connectivity index (χ1v) is 10.0. The van der Waals surface area contributed by atoms with E-state index in [-0.39, 0.29) is 18.7 Å². The maximum absolute atomic E-state index is 12.9. The molecule has 5 heteroatoms. The molecule has 0 bridgehead atoms. The molecule has 5 nitrogen and oxygen atoms in total. The minimum Gasteiger partial charge on any atom is -0.481 e. The van der Waals surface area contributed by atoms with E-state index in [1.165, 1.54) is 4.90 Å². The molecule has 0 aromatic heterocycles. The van der Waals surface area contributed by atoms with Gasteiger partial charge in [0.05, 0.1) is 0 Å². The number of carboxylic acids is 1. The molecule has 3 aromatic rings. The zero-order valence-corrected chi connectivity index (χ0v) is 16.4. The molecule has 0 fully saturated rings. The highest BCUT2D eigenvalue weighted by atomic mass is 16.4. The minimum atomic E-state index is -1.06. The number of rotatable bonds is 7. The van der Waals surface area contributed by atoms with Crippen molar-refractivity contribution in [1.29, 1.82) is 0 Å².